The lowest BCUT2D eigenvalue weighted by Crippen LogP contribution is -2.46. The summed E-state index contributed by atoms with van der Waals surface area (Å²) in [4.78, 5) is 14.1. The molecule has 0 atom stereocenters. The molecule has 3 rings (SSSR count). The molecule has 1 aromatic rings. The van der Waals surface area contributed by atoms with Gasteiger partial charge in [-0.25, -0.2) is 0 Å². The van der Waals surface area contributed by atoms with E-state index in [1.165, 1.54) is 63.6 Å². The first-order valence-corrected chi connectivity index (χ1v) is 8.34. The molecule has 3 heteroatoms. The lowest BCUT2D eigenvalue weighted by Gasteiger charge is -2.46. The number of nitrogens with two attached hydrogens (primary N) is 1. The molecule has 1 aromatic carbocycles. The molecule has 0 bridgehead atoms. The monoisotopic (exact) mass is 286 g/mol. The Balaban J connectivity index is 2.01. The predicted octanol–water partition coefficient (Wildman–Crippen LogP) is 2.97. The van der Waals surface area contributed by atoms with Crippen molar-refractivity contribution in [2.24, 2.45) is 5.73 Å². The highest BCUT2D eigenvalue weighted by Crippen LogP contribution is 2.45. The molecule has 114 valence electrons. The van der Waals surface area contributed by atoms with Crippen LogP contribution in [0.15, 0.2) is 24.3 Å². The standard InChI is InChI=1S/C18H26N2O/c19-17(21)14-15-8-2-3-9-16(15)18(10-4-1-5-11-18)20-12-6-7-13-20/h2-3,8-9H,1,4-7,10-14H2,(H2,19,21). The van der Waals surface area contributed by atoms with Crippen LogP contribution in [0.3, 0.4) is 0 Å². The van der Waals surface area contributed by atoms with Crippen molar-refractivity contribution in [1.29, 1.82) is 0 Å². The lowest BCUT2D eigenvalue weighted by molar-refractivity contribution is -0.117. The van der Waals surface area contributed by atoms with Gasteiger partial charge in [0.05, 0.1) is 6.42 Å². The number of carbonyl (C=O) groups is 1. The van der Waals surface area contributed by atoms with Gasteiger partial charge in [0.1, 0.15) is 0 Å². The molecule has 1 amide bonds. The number of hydrogen-bond donors (Lipinski definition) is 1. The Bertz CT molecular complexity index is 500. The van der Waals surface area contributed by atoms with E-state index < -0.39 is 0 Å². The molecule has 1 heterocycles. The van der Waals surface area contributed by atoms with Crippen molar-refractivity contribution in [2.75, 3.05) is 13.1 Å². The van der Waals surface area contributed by atoms with E-state index in [0.717, 1.165) is 5.56 Å². The molecule has 0 aromatic heterocycles. The van der Waals surface area contributed by atoms with Gasteiger partial charge >= 0.3 is 0 Å². The molecule has 1 saturated heterocycles. The summed E-state index contributed by atoms with van der Waals surface area (Å²) in [5, 5.41) is 0. The number of rotatable bonds is 4. The molecular weight excluding hydrogens is 260 g/mol. The van der Waals surface area contributed by atoms with Gasteiger partial charge in [0.2, 0.25) is 5.91 Å². The third-order valence-electron chi connectivity index (χ3n) is 5.28. The van der Waals surface area contributed by atoms with Gasteiger partial charge in [0, 0.05) is 5.54 Å². The van der Waals surface area contributed by atoms with Crippen molar-refractivity contribution >= 4 is 5.91 Å². The second-order valence-electron chi connectivity index (χ2n) is 6.59. The molecule has 3 nitrogen and oxygen atoms in total. The first-order chi connectivity index (χ1) is 10.2. The zero-order chi connectivity index (χ0) is 14.7. The van der Waals surface area contributed by atoms with Gasteiger partial charge in [-0.15, -0.1) is 0 Å². The molecule has 2 aliphatic rings. The van der Waals surface area contributed by atoms with Crippen molar-refractivity contribution in [3.63, 3.8) is 0 Å². The highest BCUT2D eigenvalue weighted by Gasteiger charge is 2.41. The minimum absolute atomic E-state index is 0.154. The van der Waals surface area contributed by atoms with Crippen LogP contribution < -0.4 is 5.73 Å². The van der Waals surface area contributed by atoms with Gasteiger partial charge in [0.25, 0.3) is 0 Å². The Morgan fingerprint density at radius 2 is 1.71 bits per heavy atom. The van der Waals surface area contributed by atoms with Gasteiger partial charge in [-0.2, -0.15) is 0 Å². The first kappa shape index (κ1) is 14.6. The number of carbonyl (C=O) groups excluding carboxylic acids is 1. The second kappa shape index (κ2) is 6.18. The molecular formula is C18H26N2O. The quantitative estimate of drug-likeness (QED) is 0.925. The zero-order valence-electron chi connectivity index (χ0n) is 12.8. The smallest absolute Gasteiger partial charge is 0.221 e. The summed E-state index contributed by atoms with van der Waals surface area (Å²) < 4.78 is 0. The molecule has 1 aliphatic heterocycles. The summed E-state index contributed by atoms with van der Waals surface area (Å²) in [6.45, 7) is 2.40. The summed E-state index contributed by atoms with van der Waals surface area (Å²) in [5.41, 5.74) is 8.12. The van der Waals surface area contributed by atoms with Crippen molar-refractivity contribution in [3.05, 3.63) is 35.4 Å². The molecule has 0 spiro atoms. The Hall–Kier alpha value is -1.35. The number of likely N-dealkylation sites (tertiary alicyclic amines) is 1. The second-order valence-corrected chi connectivity index (χ2v) is 6.59. The molecule has 1 aliphatic carbocycles. The summed E-state index contributed by atoms with van der Waals surface area (Å²) in [6, 6.07) is 8.48. The zero-order valence-corrected chi connectivity index (χ0v) is 12.8. The van der Waals surface area contributed by atoms with E-state index in [1.54, 1.807) is 0 Å². The average Bonchev–Trinajstić information content (AvgIpc) is 3.03. The fraction of sp³-hybridized carbons (Fsp3) is 0.611. The Labute approximate surface area is 127 Å². The van der Waals surface area contributed by atoms with Crippen LogP contribution in [0.1, 0.15) is 56.1 Å². The number of nitrogens with zero attached hydrogens (tertiary/aromatic N) is 1. The Morgan fingerprint density at radius 3 is 2.38 bits per heavy atom. The van der Waals surface area contributed by atoms with Crippen LogP contribution in [0.25, 0.3) is 0 Å². The fourth-order valence-electron chi connectivity index (χ4n) is 4.35. The summed E-state index contributed by atoms with van der Waals surface area (Å²) in [5.74, 6) is -0.227. The van der Waals surface area contributed by atoms with Crippen LogP contribution in [0, 0.1) is 0 Å². The molecule has 21 heavy (non-hydrogen) atoms. The van der Waals surface area contributed by atoms with Crippen LogP contribution in [-0.4, -0.2) is 23.9 Å². The van der Waals surface area contributed by atoms with E-state index in [0.29, 0.717) is 6.42 Å². The van der Waals surface area contributed by atoms with E-state index >= 15 is 0 Å². The third kappa shape index (κ3) is 2.84. The van der Waals surface area contributed by atoms with Crippen LogP contribution in [0.5, 0.6) is 0 Å². The van der Waals surface area contributed by atoms with Gasteiger partial charge in [0.15, 0.2) is 0 Å². The van der Waals surface area contributed by atoms with Crippen molar-refractivity contribution in [3.8, 4) is 0 Å². The molecule has 1 saturated carbocycles. The van der Waals surface area contributed by atoms with E-state index in [2.05, 4.69) is 23.1 Å². The van der Waals surface area contributed by atoms with Gasteiger partial charge < -0.3 is 5.73 Å². The van der Waals surface area contributed by atoms with Gasteiger partial charge in [-0.3, -0.25) is 9.69 Å². The average molecular weight is 286 g/mol. The number of primary amides is 1. The lowest BCUT2D eigenvalue weighted by atomic mass is 9.73. The minimum Gasteiger partial charge on any atom is -0.369 e. The Kier molecular flexibility index (Phi) is 4.29. The first-order valence-electron chi connectivity index (χ1n) is 8.34. The highest BCUT2D eigenvalue weighted by molar-refractivity contribution is 5.77. The normalized spacial score (nSPS) is 22.3. The SMILES string of the molecule is NC(=O)Cc1ccccc1C1(N2CCCC2)CCCCC1. The predicted molar refractivity (Wildman–Crippen MR) is 84.9 cm³/mol. The van der Waals surface area contributed by atoms with Crippen LogP contribution in [-0.2, 0) is 16.8 Å². The van der Waals surface area contributed by atoms with E-state index in [1.807, 2.05) is 6.07 Å². The number of benzene rings is 1. The van der Waals surface area contributed by atoms with Crippen LogP contribution >= 0.6 is 0 Å². The fourth-order valence-corrected chi connectivity index (χ4v) is 4.35. The molecule has 0 unspecified atom stereocenters. The topological polar surface area (TPSA) is 46.3 Å². The van der Waals surface area contributed by atoms with Gasteiger partial charge in [-0.1, -0.05) is 43.5 Å². The van der Waals surface area contributed by atoms with Crippen molar-refractivity contribution in [2.45, 2.75) is 56.9 Å². The summed E-state index contributed by atoms with van der Waals surface area (Å²) in [7, 11) is 0. The largest absolute Gasteiger partial charge is 0.369 e. The van der Waals surface area contributed by atoms with Crippen LogP contribution in [0.4, 0.5) is 0 Å². The van der Waals surface area contributed by atoms with Crippen LogP contribution in [0.2, 0.25) is 0 Å². The Morgan fingerprint density at radius 1 is 1.05 bits per heavy atom. The van der Waals surface area contributed by atoms with Crippen molar-refractivity contribution < 1.29 is 4.79 Å². The summed E-state index contributed by atoms with van der Waals surface area (Å²) in [6.07, 6.45) is 9.35. The number of hydrogen-bond acceptors (Lipinski definition) is 2. The molecule has 2 N–H and O–H groups in total. The van der Waals surface area contributed by atoms with E-state index in [9.17, 15) is 4.79 Å². The van der Waals surface area contributed by atoms with E-state index in [4.69, 9.17) is 5.73 Å². The minimum atomic E-state index is -0.227. The summed E-state index contributed by atoms with van der Waals surface area (Å²) >= 11 is 0. The molecule has 0 radical (unpaired) electrons. The maximum absolute atomic E-state index is 11.4. The number of amides is 1. The highest BCUT2D eigenvalue weighted by atomic mass is 16.1. The third-order valence-corrected chi connectivity index (χ3v) is 5.28. The maximum atomic E-state index is 11.4. The van der Waals surface area contributed by atoms with Crippen molar-refractivity contribution in [1.82, 2.24) is 4.90 Å². The van der Waals surface area contributed by atoms with Gasteiger partial charge in [-0.05, 0) is 49.9 Å². The van der Waals surface area contributed by atoms with E-state index in [-0.39, 0.29) is 11.4 Å². The maximum Gasteiger partial charge on any atom is 0.221 e. The molecule has 2 fully saturated rings.